The van der Waals surface area contributed by atoms with Crippen LogP contribution in [-0.4, -0.2) is 27.5 Å². The lowest BCUT2D eigenvalue weighted by Gasteiger charge is -2.24. The Labute approximate surface area is 107 Å². The number of nitrogens with zero attached hydrogens (tertiary/aromatic N) is 4. The Morgan fingerprint density at radius 1 is 1.47 bits per heavy atom. The molecular formula is C12H17ClN4. The van der Waals surface area contributed by atoms with Crippen LogP contribution in [0.2, 0.25) is 5.15 Å². The van der Waals surface area contributed by atoms with Gasteiger partial charge in [-0.2, -0.15) is 5.26 Å². The second-order valence-corrected chi connectivity index (χ2v) is 4.61. The van der Waals surface area contributed by atoms with Crippen LogP contribution in [0.5, 0.6) is 0 Å². The van der Waals surface area contributed by atoms with Crippen molar-refractivity contribution in [3.8, 4) is 6.07 Å². The molecule has 0 amide bonds. The molecule has 92 valence electrons. The minimum atomic E-state index is 0.353. The Morgan fingerprint density at radius 2 is 2.18 bits per heavy atom. The lowest BCUT2D eigenvalue weighted by molar-refractivity contribution is 0.212. The van der Waals surface area contributed by atoms with Crippen LogP contribution < -0.4 is 0 Å². The molecule has 0 radical (unpaired) electrons. The van der Waals surface area contributed by atoms with Gasteiger partial charge in [0.05, 0.1) is 12.6 Å². The molecule has 1 aromatic heterocycles. The summed E-state index contributed by atoms with van der Waals surface area (Å²) in [6.07, 6.45) is 0.512. The second-order valence-electron chi connectivity index (χ2n) is 4.22. The van der Waals surface area contributed by atoms with Crippen molar-refractivity contribution in [2.24, 2.45) is 0 Å². The Bertz CT molecular complexity index is 391. The largest absolute Gasteiger partial charge is 0.292 e. The van der Waals surface area contributed by atoms with Gasteiger partial charge in [-0.3, -0.25) is 4.90 Å². The zero-order chi connectivity index (χ0) is 12.8. The summed E-state index contributed by atoms with van der Waals surface area (Å²) in [5.74, 6) is 0.710. The van der Waals surface area contributed by atoms with Crippen molar-refractivity contribution in [2.75, 3.05) is 6.54 Å². The molecule has 0 bridgehead atoms. The van der Waals surface area contributed by atoms with Gasteiger partial charge >= 0.3 is 0 Å². The highest BCUT2D eigenvalue weighted by molar-refractivity contribution is 6.29. The first kappa shape index (κ1) is 13.9. The van der Waals surface area contributed by atoms with Gasteiger partial charge in [-0.15, -0.1) is 0 Å². The molecule has 1 heterocycles. The highest BCUT2D eigenvalue weighted by atomic mass is 35.5. The fourth-order valence-corrected chi connectivity index (χ4v) is 1.81. The maximum Gasteiger partial charge on any atom is 0.144 e. The van der Waals surface area contributed by atoms with Gasteiger partial charge in [-0.25, -0.2) is 9.97 Å². The highest BCUT2D eigenvalue weighted by Crippen LogP contribution is 2.10. The molecule has 4 nitrogen and oxygen atoms in total. The van der Waals surface area contributed by atoms with E-state index in [2.05, 4.69) is 34.8 Å². The monoisotopic (exact) mass is 252 g/mol. The van der Waals surface area contributed by atoms with E-state index in [9.17, 15) is 0 Å². The van der Waals surface area contributed by atoms with E-state index in [-0.39, 0.29) is 0 Å². The maximum atomic E-state index is 8.62. The molecule has 0 spiro atoms. The van der Waals surface area contributed by atoms with E-state index in [4.69, 9.17) is 16.9 Å². The molecule has 0 unspecified atom stereocenters. The summed E-state index contributed by atoms with van der Waals surface area (Å²) in [4.78, 5) is 10.7. The minimum Gasteiger partial charge on any atom is -0.292 e. The lowest BCUT2D eigenvalue weighted by Crippen LogP contribution is -2.32. The van der Waals surface area contributed by atoms with Crippen LogP contribution in [0.3, 0.4) is 0 Å². The van der Waals surface area contributed by atoms with Crippen LogP contribution >= 0.6 is 11.6 Å². The van der Waals surface area contributed by atoms with Crippen LogP contribution in [0, 0.1) is 18.3 Å². The van der Waals surface area contributed by atoms with Crippen molar-refractivity contribution in [2.45, 2.75) is 39.8 Å². The molecule has 17 heavy (non-hydrogen) atoms. The van der Waals surface area contributed by atoms with Gasteiger partial charge in [0.15, 0.2) is 0 Å². The minimum absolute atomic E-state index is 0.353. The third kappa shape index (κ3) is 4.68. The van der Waals surface area contributed by atoms with E-state index >= 15 is 0 Å². The molecule has 0 aromatic carbocycles. The molecule has 1 rings (SSSR count). The summed E-state index contributed by atoms with van der Waals surface area (Å²) in [5.41, 5.74) is 0.865. The Kier molecular flexibility index (Phi) is 5.33. The quantitative estimate of drug-likeness (QED) is 0.756. The van der Waals surface area contributed by atoms with Gasteiger partial charge < -0.3 is 0 Å². The first-order valence-electron chi connectivity index (χ1n) is 5.64. The number of rotatable bonds is 5. The van der Waals surface area contributed by atoms with Gasteiger partial charge in [0.25, 0.3) is 0 Å². The van der Waals surface area contributed by atoms with Gasteiger partial charge in [0, 0.05) is 24.7 Å². The van der Waals surface area contributed by atoms with E-state index in [0.717, 1.165) is 12.2 Å². The number of hydrogen-bond acceptors (Lipinski definition) is 4. The highest BCUT2D eigenvalue weighted by Gasteiger charge is 2.12. The molecule has 0 saturated carbocycles. The Balaban J connectivity index is 2.75. The van der Waals surface area contributed by atoms with Crippen LogP contribution in [0.1, 0.15) is 31.8 Å². The van der Waals surface area contributed by atoms with E-state index in [1.807, 2.05) is 6.92 Å². The Morgan fingerprint density at radius 3 is 2.71 bits per heavy atom. The topological polar surface area (TPSA) is 52.8 Å². The molecule has 0 aliphatic rings. The average Bonchev–Trinajstić information content (AvgIpc) is 2.22. The SMILES string of the molecule is Cc1cc(Cl)nc(CN(CCC#N)C(C)C)n1. The van der Waals surface area contributed by atoms with E-state index in [0.29, 0.717) is 30.0 Å². The zero-order valence-electron chi connectivity index (χ0n) is 10.4. The molecule has 5 heteroatoms. The number of nitriles is 1. The molecule has 0 aliphatic heterocycles. The van der Waals surface area contributed by atoms with E-state index in [1.165, 1.54) is 0 Å². The van der Waals surface area contributed by atoms with Crippen LogP contribution in [0.15, 0.2) is 6.07 Å². The smallest absolute Gasteiger partial charge is 0.144 e. The molecular weight excluding hydrogens is 236 g/mol. The molecule has 0 fully saturated rings. The van der Waals surface area contributed by atoms with Crippen molar-refractivity contribution in [3.05, 3.63) is 22.7 Å². The number of aryl methyl sites for hydroxylation is 1. The zero-order valence-corrected chi connectivity index (χ0v) is 11.2. The predicted molar refractivity (Wildman–Crippen MR) is 67.6 cm³/mol. The summed E-state index contributed by atoms with van der Waals surface area (Å²) < 4.78 is 0. The summed E-state index contributed by atoms with van der Waals surface area (Å²) in [6, 6.07) is 4.24. The number of aromatic nitrogens is 2. The number of halogens is 1. The summed E-state index contributed by atoms with van der Waals surface area (Å²) in [6.45, 7) is 7.43. The number of hydrogen-bond donors (Lipinski definition) is 0. The van der Waals surface area contributed by atoms with Gasteiger partial charge in [0.1, 0.15) is 11.0 Å². The summed E-state index contributed by atoms with van der Waals surface area (Å²) in [7, 11) is 0. The van der Waals surface area contributed by atoms with Crippen molar-refractivity contribution in [1.82, 2.24) is 14.9 Å². The third-order valence-corrected chi connectivity index (χ3v) is 2.65. The van der Waals surface area contributed by atoms with Crippen LogP contribution in [0.4, 0.5) is 0 Å². The fourth-order valence-electron chi connectivity index (χ4n) is 1.55. The van der Waals surface area contributed by atoms with Crippen molar-refractivity contribution < 1.29 is 0 Å². The Hall–Kier alpha value is -1.18. The predicted octanol–water partition coefficient (Wildman–Crippen LogP) is 2.56. The second kappa shape index (κ2) is 6.53. The van der Waals surface area contributed by atoms with Gasteiger partial charge in [-0.1, -0.05) is 11.6 Å². The first-order valence-corrected chi connectivity index (χ1v) is 6.01. The van der Waals surface area contributed by atoms with Crippen LogP contribution in [-0.2, 0) is 6.54 Å². The van der Waals surface area contributed by atoms with Crippen molar-refractivity contribution >= 4 is 11.6 Å². The molecule has 0 saturated heterocycles. The van der Waals surface area contributed by atoms with E-state index in [1.54, 1.807) is 6.07 Å². The van der Waals surface area contributed by atoms with Crippen LogP contribution in [0.25, 0.3) is 0 Å². The maximum absolute atomic E-state index is 8.62. The van der Waals surface area contributed by atoms with Gasteiger partial charge in [0.2, 0.25) is 0 Å². The van der Waals surface area contributed by atoms with E-state index < -0.39 is 0 Å². The molecule has 0 atom stereocenters. The standard InChI is InChI=1S/C12H17ClN4/c1-9(2)17(6-4-5-14)8-12-15-10(3)7-11(13)16-12/h7,9H,4,6,8H2,1-3H3. The molecule has 1 aromatic rings. The van der Waals surface area contributed by atoms with Crippen molar-refractivity contribution in [1.29, 1.82) is 5.26 Å². The average molecular weight is 253 g/mol. The fraction of sp³-hybridized carbons (Fsp3) is 0.583. The third-order valence-electron chi connectivity index (χ3n) is 2.45. The lowest BCUT2D eigenvalue weighted by atomic mass is 10.3. The normalized spacial score (nSPS) is 10.9. The summed E-state index contributed by atoms with van der Waals surface area (Å²) >= 11 is 5.90. The molecule has 0 aliphatic carbocycles. The van der Waals surface area contributed by atoms with Gasteiger partial charge in [-0.05, 0) is 26.8 Å². The summed E-state index contributed by atoms with van der Waals surface area (Å²) in [5, 5.41) is 9.09. The molecule has 0 N–H and O–H groups in total. The first-order chi connectivity index (χ1) is 8.02. The van der Waals surface area contributed by atoms with Crippen molar-refractivity contribution in [3.63, 3.8) is 0 Å².